The van der Waals surface area contributed by atoms with Gasteiger partial charge in [0.15, 0.2) is 0 Å². The van der Waals surface area contributed by atoms with E-state index < -0.39 is 6.10 Å². The van der Waals surface area contributed by atoms with E-state index in [0.29, 0.717) is 12.6 Å². The van der Waals surface area contributed by atoms with Gasteiger partial charge < -0.3 is 15.4 Å². The van der Waals surface area contributed by atoms with Gasteiger partial charge in [-0.15, -0.1) is 12.4 Å². The van der Waals surface area contributed by atoms with Crippen LogP contribution in [0.3, 0.4) is 0 Å². The average Bonchev–Trinajstić information content (AvgIpc) is 3.23. The van der Waals surface area contributed by atoms with Gasteiger partial charge in [0.05, 0.1) is 0 Å². The second-order valence-corrected chi connectivity index (χ2v) is 4.64. The Bertz CT molecular complexity index is 392. The molecule has 1 aliphatic carbocycles. The van der Waals surface area contributed by atoms with Gasteiger partial charge in [-0.25, -0.2) is 0 Å². The van der Waals surface area contributed by atoms with Crippen molar-refractivity contribution >= 4 is 18.3 Å². The lowest BCUT2D eigenvalue weighted by Crippen LogP contribution is -2.44. The molecular formula is C14H21ClN2O2. The van der Waals surface area contributed by atoms with E-state index in [-0.39, 0.29) is 24.9 Å². The Balaban J connectivity index is 0.00000180. The number of nitrogens with two attached hydrogens (primary N) is 1. The normalized spacial score (nSPS) is 15.5. The zero-order valence-electron chi connectivity index (χ0n) is 11.1. The third kappa shape index (κ3) is 4.20. The summed E-state index contributed by atoms with van der Waals surface area (Å²) in [6, 6.07) is 10.4. The van der Waals surface area contributed by atoms with Crippen molar-refractivity contribution in [3.8, 4) is 0 Å². The van der Waals surface area contributed by atoms with Gasteiger partial charge in [-0.1, -0.05) is 30.3 Å². The maximum atomic E-state index is 12.3. The van der Waals surface area contributed by atoms with Crippen molar-refractivity contribution in [2.75, 3.05) is 13.7 Å². The van der Waals surface area contributed by atoms with Crippen LogP contribution in [0, 0.1) is 0 Å². The van der Waals surface area contributed by atoms with Crippen molar-refractivity contribution < 1.29 is 9.53 Å². The first-order valence-corrected chi connectivity index (χ1v) is 6.33. The highest BCUT2D eigenvalue weighted by molar-refractivity contribution is 5.85. The minimum atomic E-state index is -0.519. The minimum absolute atomic E-state index is 0. The quantitative estimate of drug-likeness (QED) is 0.863. The van der Waals surface area contributed by atoms with Crippen molar-refractivity contribution in [3.05, 3.63) is 35.9 Å². The predicted octanol–water partition coefficient (Wildman–Crippen LogP) is 1.57. The fourth-order valence-electron chi connectivity index (χ4n) is 2.04. The van der Waals surface area contributed by atoms with Gasteiger partial charge in [-0.05, 0) is 18.4 Å². The molecule has 0 saturated heterocycles. The van der Waals surface area contributed by atoms with E-state index in [4.69, 9.17) is 10.5 Å². The lowest BCUT2D eigenvalue weighted by Gasteiger charge is -2.26. The van der Waals surface area contributed by atoms with Gasteiger partial charge in [0, 0.05) is 26.2 Å². The molecule has 2 rings (SSSR count). The Morgan fingerprint density at radius 3 is 2.53 bits per heavy atom. The number of hydrogen-bond donors (Lipinski definition) is 1. The maximum absolute atomic E-state index is 12.3. The molecule has 1 unspecified atom stereocenters. The number of methoxy groups -OCH3 is 1. The highest BCUT2D eigenvalue weighted by atomic mass is 35.5. The predicted molar refractivity (Wildman–Crippen MR) is 77.1 cm³/mol. The number of hydrogen-bond acceptors (Lipinski definition) is 3. The summed E-state index contributed by atoms with van der Waals surface area (Å²) in [5, 5.41) is 0. The highest BCUT2D eigenvalue weighted by Crippen LogP contribution is 2.29. The van der Waals surface area contributed by atoms with Crippen LogP contribution in [0.25, 0.3) is 0 Å². The molecule has 106 valence electrons. The molecule has 1 aromatic rings. The van der Waals surface area contributed by atoms with Gasteiger partial charge >= 0.3 is 0 Å². The van der Waals surface area contributed by atoms with Crippen LogP contribution < -0.4 is 5.73 Å². The summed E-state index contributed by atoms with van der Waals surface area (Å²) >= 11 is 0. The third-order valence-corrected chi connectivity index (χ3v) is 3.24. The summed E-state index contributed by atoms with van der Waals surface area (Å²) in [6.07, 6.45) is 1.65. The largest absolute Gasteiger partial charge is 0.370 e. The highest BCUT2D eigenvalue weighted by Gasteiger charge is 2.35. The lowest BCUT2D eigenvalue weighted by molar-refractivity contribution is -0.142. The van der Waals surface area contributed by atoms with E-state index in [9.17, 15) is 4.79 Å². The first kappa shape index (κ1) is 16.0. The van der Waals surface area contributed by atoms with Gasteiger partial charge in [-0.3, -0.25) is 4.79 Å². The second kappa shape index (κ2) is 7.48. The fourth-order valence-corrected chi connectivity index (χ4v) is 2.04. The molecule has 0 spiro atoms. The molecule has 0 radical (unpaired) electrons. The third-order valence-electron chi connectivity index (χ3n) is 3.24. The van der Waals surface area contributed by atoms with Crippen LogP contribution in [0.2, 0.25) is 0 Å². The van der Waals surface area contributed by atoms with Crippen LogP contribution in [-0.4, -0.2) is 36.6 Å². The lowest BCUT2D eigenvalue weighted by atomic mass is 10.2. The number of benzene rings is 1. The van der Waals surface area contributed by atoms with Crippen LogP contribution in [0.4, 0.5) is 0 Å². The molecule has 1 saturated carbocycles. The maximum Gasteiger partial charge on any atom is 0.253 e. The summed E-state index contributed by atoms with van der Waals surface area (Å²) in [5.41, 5.74) is 6.71. The monoisotopic (exact) mass is 284 g/mol. The van der Waals surface area contributed by atoms with Crippen LogP contribution in [0.15, 0.2) is 30.3 Å². The zero-order chi connectivity index (χ0) is 13.0. The molecule has 1 amide bonds. The van der Waals surface area contributed by atoms with Gasteiger partial charge in [-0.2, -0.15) is 0 Å². The van der Waals surface area contributed by atoms with Crippen LogP contribution in [0.1, 0.15) is 18.4 Å². The Kier molecular flexibility index (Phi) is 6.28. The Morgan fingerprint density at radius 1 is 1.42 bits per heavy atom. The SMILES string of the molecule is COC(CN)C(=O)N(Cc1ccccc1)C1CC1.Cl. The van der Waals surface area contributed by atoms with Gasteiger partial charge in [0.25, 0.3) is 5.91 Å². The Labute approximate surface area is 120 Å². The van der Waals surface area contributed by atoms with Crippen LogP contribution in [0.5, 0.6) is 0 Å². The first-order chi connectivity index (χ1) is 8.76. The molecule has 1 atom stereocenters. The van der Waals surface area contributed by atoms with E-state index >= 15 is 0 Å². The molecule has 0 aliphatic heterocycles. The summed E-state index contributed by atoms with van der Waals surface area (Å²) in [6.45, 7) is 0.873. The molecule has 5 heteroatoms. The number of carbonyl (C=O) groups excluding carboxylic acids is 1. The van der Waals surface area contributed by atoms with E-state index in [1.54, 1.807) is 0 Å². The topological polar surface area (TPSA) is 55.6 Å². The van der Waals surface area contributed by atoms with E-state index in [1.165, 1.54) is 7.11 Å². The second-order valence-electron chi connectivity index (χ2n) is 4.64. The van der Waals surface area contributed by atoms with Crippen molar-refractivity contribution in [1.29, 1.82) is 0 Å². The summed E-state index contributed by atoms with van der Waals surface area (Å²) in [7, 11) is 1.53. The standard InChI is InChI=1S/C14H20N2O2.ClH/c1-18-13(9-15)14(17)16(12-7-8-12)10-11-5-3-2-4-6-11;/h2-6,12-13H,7-10,15H2,1H3;1H. The van der Waals surface area contributed by atoms with Crippen molar-refractivity contribution in [1.82, 2.24) is 4.90 Å². The number of rotatable bonds is 6. The Hall–Kier alpha value is -1.10. The fraction of sp³-hybridized carbons (Fsp3) is 0.500. The minimum Gasteiger partial charge on any atom is -0.370 e. The van der Waals surface area contributed by atoms with Crippen LogP contribution in [-0.2, 0) is 16.1 Å². The van der Waals surface area contributed by atoms with Crippen molar-refractivity contribution in [2.24, 2.45) is 5.73 Å². The number of ether oxygens (including phenoxy) is 1. The molecule has 1 aromatic carbocycles. The molecule has 2 N–H and O–H groups in total. The molecule has 0 bridgehead atoms. The molecule has 4 nitrogen and oxygen atoms in total. The van der Waals surface area contributed by atoms with Gasteiger partial charge in [0.2, 0.25) is 0 Å². The van der Waals surface area contributed by atoms with Gasteiger partial charge in [0.1, 0.15) is 6.10 Å². The van der Waals surface area contributed by atoms with Crippen molar-refractivity contribution in [2.45, 2.75) is 31.5 Å². The molecular weight excluding hydrogens is 264 g/mol. The smallest absolute Gasteiger partial charge is 0.253 e. The molecule has 1 aliphatic rings. The van der Waals surface area contributed by atoms with E-state index in [2.05, 4.69) is 0 Å². The average molecular weight is 285 g/mol. The summed E-state index contributed by atoms with van der Waals surface area (Å²) in [5.74, 6) is 0.00588. The van der Waals surface area contributed by atoms with E-state index in [0.717, 1.165) is 18.4 Å². The molecule has 0 heterocycles. The molecule has 1 fully saturated rings. The number of carbonyl (C=O) groups is 1. The summed E-state index contributed by atoms with van der Waals surface area (Å²) in [4.78, 5) is 14.2. The number of nitrogens with zero attached hydrogens (tertiary/aromatic N) is 1. The molecule has 19 heavy (non-hydrogen) atoms. The van der Waals surface area contributed by atoms with Crippen molar-refractivity contribution in [3.63, 3.8) is 0 Å². The van der Waals surface area contributed by atoms with Crippen LogP contribution >= 0.6 is 12.4 Å². The number of amides is 1. The first-order valence-electron chi connectivity index (χ1n) is 6.33. The molecule has 0 aromatic heterocycles. The Morgan fingerprint density at radius 2 is 2.05 bits per heavy atom. The summed E-state index contributed by atoms with van der Waals surface area (Å²) < 4.78 is 5.14. The number of halogens is 1. The zero-order valence-corrected chi connectivity index (χ0v) is 11.9. The van der Waals surface area contributed by atoms with E-state index in [1.807, 2.05) is 35.2 Å².